The summed E-state index contributed by atoms with van der Waals surface area (Å²) >= 11 is 0. The lowest BCUT2D eigenvalue weighted by molar-refractivity contribution is 0.0909. The van der Waals surface area contributed by atoms with Crippen LogP contribution in [-0.2, 0) is 6.42 Å². The zero-order valence-corrected chi connectivity index (χ0v) is 11.4. The Morgan fingerprint density at radius 1 is 1.43 bits per heavy atom. The number of nitrogens with one attached hydrogen (secondary N) is 3. The Bertz CT molecular complexity index is 719. The molecule has 3 rings (SSSR count). The SMILES string of the molecule is COc1cccc2c1OCC(NC(=O)c1cc(=O)[nH][nH]1)C2. The Morgan fingerprint density at radius 3 is 3.00 bits per heavy atom. The number of amides is 1. The number of methoxy groups -OCH3 is 1. The van der Waals surface area contributed by atoms with Gasteiger partial charge in [-0.3, -0.25) is 19.8 Å². The van der Waals surface area contributed by atoms with E-state index in [4.69, 9.17) is 9.47 Å². The number of hydrogen-bond donors (Lipinski definition) is 3. The Hall–Kier alpha value is -2.70. The fourth-order valence-electron chi connectivity index (χ4n) is 2.37. The van der Waals surface area contributed by atoms with Crippen LogP contribution in [0.2, 0.25) is 0 Å². The number of para-hydroxylation sites is 1. The van der Waals surface area contributed by atoms with E-state index in [1.54, 1.807) is 7.11 Å². The van der Waals surface area contributed by atoms with Gasteiger partial charge in [-0.15, -0.1) is 0 Å². The van der Waals surface area contributed by atoms with Crippen LogP contribution in [0.1, 0.15) is 16.1 Å². The van der Waals surface area contributed by atoms with Crippen LogP contribution in [0.25, 0.3) is 0 Å². The molecule has 21 heavy (non-hydrogen) atoms. The molecule has 1 aliphatic rings. The van der Waals surface area contributed by atoms with Crippen molar-refractivity contribution < 1.29 is 14.3 Å². The normalized spacial score (nSPS) is 16.7. The maximum Gasteiger partial charge on any atom is 0.269 e. The predicted molar refractivity (Wildman–Crippen MR) is 74.9 cm³/mol. The second-order valence-electron chi connectivity index (χ2n) is 4.81. The van der Waals surface area contributed by atoms with Crippen LogP contribution in [0.15, 0.2) is 29.1 Å². The van der Waals surface area contributed by atoms with Crippen LogP contribution >= 0.6 is 0 Å². The van der Waals surface area contributed by atoms with Crippen molar-refractivity contribution in [2.75, 3.05) is 13.7 Å². The molecule has 0 saturated heterocycles. The summed E-state index contributed by atoms with van der Waals surface area (Å²) in [6.07, 6.45) is 0.646. The van der Waals surface area contributed by atoms with E-state index < -0.39 is 0 Å². The van der Waals surface area contributed by atoms with Crippen molar-refractivity contribution >= 4 is 5.91 Å². The van der Waals surface area contributed by atoms with Gasteiger partial charge in [0.05, 0.1) is 13.2 Å². The molecule has 7 nitrogen and oxygen atoms in total. The van der Waals surface area contributed by atoms with Crippen molar-refractivity contribution in [3.63, 3.8) is 0 Å². The summed E-state index contributed by atoms with van der Waals surface area (Å²) in [5.41, 5.74) is 0.847. The third-order valence-corrected chi connectivity index (χ3v) is 3.35. The first-order valence-corrected chi connectivity index (χ1v) is 6.54. The molecule has 3 N–H and O–H groups in total. The molecule has 1 unspecified atom stereocenters. The fourth-order valence-corrected chi connectivity index (χ4v) is 2.37. The largest absolute Gasteiger partial charge is 0.493 e. The Morgan fingerprint density at radius 2 is 2.29 bits per heavy atom. The third kappa shape index (κ3) is 2.62. The number of aromatic amines is 2. The number of carbonyl (C=O) groups excluding carboxylic acids is 1. The molecule has 2 aromatic rings. The first-order valence-electron chi connectivity index (χ1n) is 6.54. The van der Waals surface area contributed by atoms with Crippen molar-refractivity contribution in [3.8, 4) is 11.5 Å². The van der Waals surface area contributed by atoms with E-state index in [0.29, 0.717) is 18.8 Å². The Kier molecular flexibility index (Phi) is 3.39. The summed E-state index contributed by atoms with van der Waals surface area (Å²) in [7, 11) is 1.59. The summed E-state index contributed by atoms with van der Waals surface area (Å²) in [5.74, 6) is 1.07. The van der Waals surface area contributed by atoms with E-state index in [0.717, 1.165) is 11.3 Å². The maximum absolute atomic E-state index is 12.0. The van der Waals surface area contributed by atoms with E-state index in [2.05, 4.69) is 15.5 Å². The number of hydrogen-bond acceptors (Lipinski definition) is 4. The number of fused-ring (bicyclic) bond motifs is 1. The number of ether oxygens (including phenoxy) is 2. The molecule has 110 valence electrons. The van der Waals surface area contributed by atoms with Crippen LogP contribution in [-0.4, -0.2) is 35.9 Å². The van der Waals surface area contributed by atoms with E-state index >= 15 is 0 Å². The van der Waals surface area contributed by atoms with Gasteiger partial charge in [-0.25, -0.2) is 0 Å². The van der Waals surface area contributed by atoms with Crippen LogP contribution in [0.4, 0.5) is 0 Å². The topological polar surface area (TPSA) is 96.2 Å². The molecule has 0 aliphatic carbocycles. The van der Waals surface area contributed by atoms with Gasteiger partial charge < -0.3 is 14.8 Å². The minimum absolute atomic E-state index is 0.157. The van der Waals surface area contributed by atoms with Gasteiger partial charge in [0.25, 0.3) is 11.5 Å². The molecule has 0 saturated carbocycles. The van der Waals surface area contributed by atoms with Gasteiger partial charge >= 0.3 is 0 Å². The van der Waals surface area contributed by atoms with Gasteiger partial charge in [-0.1, -0.05) is 12.1 Å². The van der Waals surface area contributed by atoms with Crippen molar-refractivity contribution in [2.45, 2.75) is 12.5 Å². The van der Waals surface area contributed by atoms with Crippen molar-refractivity contribution in [3.05, 3.63) is 45.9 Å². The zero-order chi connectivity index (χ0) is 14.8. The summed E-state index contributed by atoms with van der Waals surface area (Å²) in [6, 6.07) is 6.72. The number of aromatic nitrogens is 2. The van der Waals surface area contributed by atoms with Gasteiger partial charge in [-0.05, 0) is 12.5 Å². The van der Waals surface area contributed by atoms with Gasteiger partial charge in [0.2, 0.25) is 0 Å². The Labute approximate surface area is 120 Å². The van der Waals surface area contributed by atoms with Gasteiger partial charge in [-0.2, -0.15) is 0 Å². The van der Waals surface area contributed by atoms with Gasteiger partial charge in [0.1, 0.15) is 12.3 Å². The monoisotopic (exact) mass is 289 g/mol. The van der Waals surface area contributed by atoms with Crippen LogP contribution < -0.4 is 20.3 Å². The zero-order valence-electron chi connectivity index (χ0n) is 11.4. The molecule has 7 heteroatoms. The quantitative estimate of drug-likeness (QED) is 0.764. The summed E-state index contributed by atoms with van der Waals surface area (Å²) in [6.45, 7) is 0.355. The summed E-state index contributed by atoms with van der Waals surface area (Å²) in [5, 5.41) is 7.68. The summed E-state index contributed by atoms with van der Waals surface area (Å²) in [4.78, 5) is 23.0. The number of rotatable bonds is 3. The van der Waals surface area contributed by atoms with E-state index in [1.807, 2.05) is 18.2 Å². The molecular formula is C14H15N3O4. The average molecular weight is 289 g/mol. The molecule has 2 heterocycles. The highest BCUT2D eigenvalue weighted by Crippen LogP contribution is 2.34. The average Bonchev–Trinajstić information content (AvgIpc) is 2.93. The molecule has 0 fully saturated rings. The molecule has 1 atom stereocenters. The highest BCUT2D eigenvalue weighted by Gasteiger charge is 2.24. The van der Waals surface area contributed by atoms with Crippen LogP contribution in [0.5, 0.6) is 11.5 Å². The molecule has 1 amide bonds. The Balaban J connectivity index is 1.72. The standard InChI is InChI=1S/C14H15N3O4/c1-20-11-4-2-3-8-5-9(7-21-13(8)11)15-14(19)10-6-12(18)17-16-10/h2-4,6,9H,5,7H2,1H3,(H,15,19)(H2,16,17,18). The van der Waals surface area contributed by atoms with Crippen LogP contribution in [0.3, 0.4) is 0 Å². The molecule has 1 aliphatic heterocycles. The second kappa shape index (κ2) is 5.35. The van der Waals surface area contributed by atoms with Crippen molar-refractivity contribution in [1.82, 2.24) is 15.5 Å². The summed E-state index contributed by atoms with van der Waals surface area (Å²) < 4.78 is 10.9. The highest BCUT2D eigenvalue weighted by molar-refractivity contribution is 5.92. The lowest BCUT2D eigenvalue weighted by Gasteiger charge is -2.27. The first-order chi connectivity index (χ1) is 10.2. The van der Waals surface area contributed by atoms with E-state index in [-0.39, 0.29) is 23.2 Å². The molecule has 1 aromatic heterocycles. The van der Waals surface area contributed by atoms with Gasteiger partial charge in [0.15, 0.2) is 11.5 Å². The number of carbonyl (C=O) groups is 1. The first kappa shape index (κ1) is 13.3. The predicted octanol–water partition coefficient (Wildman–Crippen LogP) is 0.445. The maximum atomic E-state index is 12.0. The molecule has 0 radical (unpaired) electrons. The lowest BCUT2D eigenvalue weighted by Crippen LogP contribution is -2.42. The fraction of sp³-hybridized carbons (Fsp3) is 0.286. The molecule has 1 aromatic carbocycles. The number of H-pyrrole nitrogens is 2. The van der Waals surface area contributed by atoms with Crippen LogP contribution in [0, 0.1) is 0 Å². The minimum Gasteiger partial charge on any atom is -0.493 e. The van der Waals surface area contributed by atoms with Gasteiger partial charge in [0, 0.05) is 11.6 Å². The third-order valence-electron chi connectivity index (χ3n) is 3.35. The number of benzene rings is 1. The highest BCUT2D eigenvalue weighted by atomic mass is 16.5. The van der Waals surface area contributed by atoms with Crippen molar-refractivity contribution in [1.29, 1.82) is 0 Å². The smallest absolute Gasteiger partial charge is 0.269 e. The van der Waals surface area contributed by atoms with E-state index in [1.165, 1.54) is 6.07 Å². The minimum atomic E-state index is -0.340. The van der Waals surface area contributed by atoms with Crippen molar-refractivity contribution in [2.24, 2.45) is 0 Å². The van der Waals surface area contributed by atoms with E-state index in [9.17, 15) is 9.59 Å². The molecular weight excluding hydrogens is 274 g/mol. The second-order valence-corrected chi connectivity index (χ2v) is 4.81. The lowest BCUT2D eigenvalue weighted by atomic mass is 10.0. The molecule has 0 spiro atoms. The molecule has 0 bridgehead atoms.